The molecule has 0 aliphatic heterocycles. The SMILES string of the molecule is COc1ccc(Nc2nc(C)nc3sc(-c4ccccc4)cc23)cc1[N+](=O)[O-]. The molecule has 0 amide bonds. The first-order valence-electron chi connectivity index (χ1n) is 8.48. The van der Waals surface area contributed by atoms with E-state index in [0.29, 0.717) is 17.3 Å². The standard InChI is InChI=1S/C20H16N4O3S/c1-12-21-19(23-14-8-9-17(27-2)16(10-14)24(25)26)15-11-18(28-20(15)22-12)13-6-4-3-5-7-13/h3-11H,1-2H3,(H,21,22,23). The molecule has 4 rings (SSSR count). The number of rotatable bonds is 5. The molecular weight excluding hydrogens is 376 g/mol. The van der Waals surface area contributed by atoms with Gasteiger partial charge < -0.3 is 10.1 Å². The van der Waals surface area contributed by atoms with Crippen molar-refractivity contribution in [3.05, 3.63) is 70.5 Å². The van der Waals surface area contributed by atoms with Crippen molar-refractivity contribution in [1.29, 1.82) is 0 Å². The van der Waals surface area contributed by atoms with Gasteiger partial charge in [-0.1, -0.05) is 30.3 Å². The van der Waals surface area contributed by atoms with E-state index >= 15 is 0 Å². The van der Waals surface area contributed by atoms with Gasteiger partial charge in [-0.15, -0.1) is 11.3 Å². The maximum Gasteiger partial charge on any atom is 0.312 e. The van der Waals surface area contributed by atoms with Crippen LogP contribution in [0.5, 0.6) is 5.75 Å². The Labute approximate surface area is 164 Å². The molecule has 0 aliphatic carbocycles. The number of methoxy groups -OCH3 is 1. The second-order valence-electron chi connectivity index (χ2n) is 6.08. The minimum Gasteiger partial charge on any atom is -0.490 e. The molecule has 1 N–H and O–H groups in total. The van der Waals surface area contributed by atoms with Gasteiger partial charge in [-0.05, 0) is 30.7 Å². The van der Waals surface area contributed by atoms with Crippen molar-refractivity contribution in [2.75, 3.05) is 12.4 Å². The van der Waals surface area contributed by atoms with Crippen molar-refractivity contribution < 1.29 is 9.66 Å². The summed E-state index contributed by atoms with van der Waals surface area (Å²) in [6, 6.07) is 16.8. The second kappa shape index (κ2) is 7.24. The van der Waals surface area contributed by atoms with Crippen molar-refractivity contribution in [1.82, 2.24) is 9.97 Å². The minimum atomic E-state index is -0.469. The Morgan fingerprint density at radius 1 is 1.11 bits per heavy atom. The van der Waals surface area contributed by atoms with Crippen molar-refractivity contribution in [3.8, 4) is 16.2 Å². The molecule has 0 atom stereocenters. The molecule has 0 aliphatic rings. The predicted octanol–water partition coefficient (Wildman–Crippen LogP) is 5.33. The smallest absolute Gasteiger partial charge is 0.312 e. The molecule has 2 aromatic carbocycles. The number of benzene rings is 2. The number of ether oxygens (including phenoxy) is 1. The van der Waals surface area contributed by atoms with Crippen LogP contribution in [0.4, 0.5) is 17.2 Å². The Morgan fingerprint density at radius 2 is 1.89 bits per heavy atom. The van der Waals surface area contributed by atoms with Crippen LogP contribution < -0.4 is 10.1 Å². The summed E-state index contributed by atoms with van der Waals surface area (Å²) in [6.45, 7) is 1.82. The molecule has 0 unspecified atom stereocenters. The van der Waals surface area contributed by atoms with Gasteiger partial charge in [0.2, 0.25) is 0 Å². The zero-order chi connectivity index (χ0) is 19.7. The van der Waals surface area contributed by atoms with Gasteiger partial charge in [0.05, 0.1) is 17.4 Å². The monoisotopic (exact) mass is 392 g/mol. The van der Waals surface area contributed by atoms with Crippen molar-refractivity contribution in [2.45, 2.75) is 6.92 Å². The Balaban J connectivity index is 1.78. The fourth-order valence-corrected chi connectivity index (χ4v) is 4.00. The number of anilines is 2. The van der Waals surface area contributed by atoms with E-state index in [4.69, 9.17) is 4.74 Å². The molecule has 0 fully saturated rings. The summed E-state index contributed by atoms with van der Waals surface area (Å²) in [5.41, 5.74) is 1.55. The summed E-state index contributed by atoms with van der Waals surface area (Å²) >= 11 is 1.58. The van der Waals surface area contributed by atoms with Crippen LogP contribution in [0.15, 0.2) is 54.6 Å². The van der Waals surface area contributed by atoms with Crippen molar-refractivity contribution in [2.24, 2.45) is 0 Å². The maximum absolute atomic E-state index is 11.3. The normalized spacial score (nSPS) is 10.8. The lowest BCUT2D eigenvalue weighted by Gasteiger charge is -2.09. The van der Waals surface area contributed by atoms with E-state index in [-0.39, 0.29) is 11.4 Å². The number of hydrogen-bond acceptors (Lipinski definition) is 7. The lowest BCUT2D eigenvalue weighted by molar-refractivity contribution is -0.385. The number of aromatic nitrogens is 2. The third kappa shape index (κ3) is 3.37. The van der Waals surface area contributed by atoms with E-state index in [9.17, 15) is 10.1 Å². The quantitative estimate of drug-likeness (QED) is 0.365. The highest BCUT2D eigenvalue weighted by atomic mass is 32.1. The molecule has 4 aromatic rings. The largest absolute Gasteiger partial charge is 0.490 e. The topological polar surface area (TPSA) is 90.2 Å². The highest BCUT2D eigenvalue weighted by Gasteiger charge is 2.17. The summed E-state index contributed by atoms with van der Waals surface area (Å²) in [4.78, 5) is 21.8. The van der Waals surface area contributed by atoms with Gasteiger partial charge in [-0.2, -0.15) is 0 Å². The van der Waals surface area contributed by atoms with Gasteiger partial charge in [-0.3, -0.25) is 10.1 Å². The van der Waals surface area contributed by atoms with E-state index in [0.717, 1.165) is 20.7 Å². The summed E-state index contributed by atoms with van der Waals surface area (Å²) in [6.07, 6.45) is 0. The summed E-state index contributed by atoms with van der Waals surface area (Å²) in [5, 5.41) is 15.3. The predicted molar refractivity (Wildman–Crippen MR) is 111 cm³/mol. The maximum atomic E-state index is 11.3. The third-order valence-corrected chi connectivity index (χ3v) is 5.28. The highest BCUT2D eigenvalue weighted by Crippen LogP contribution is 2.37. The molecule has 2 heterocycles. The average Bonchev–Trinajstić information content (AvgIpc) is 3.12. The Hall–Kier alpha value is -3.52. The number of nitro benzene ring substituents is 1. The second-order valence-corrected chi connectivity index (χ2v) is 7.11. The fourth-order valence-electron chi connectivity index (χ4n) is 2.92. The van der Waals surface area contributed by atoms with Gasteiger partial charge in [0.15, 0.2) is 5.75 Å². The Bertz CT molecular complexity index is 1180. The van der Waals surface area contributed by atoms with E-state index in [1.165, 1.54) is 13.2 Å². The number of nitro groups is 1. The van der Waals surface area contributed by atoms with Crippen LogP contribution in [0.25, 0.3) is 20.7 Å². The van der Waals surface area contributed by atoms with Gasteiger partial charge in [-0.25, -0.2) is 9.97 Å². The molecule has 0 spiro atoms. The van der Waals surface area contributed by atoms with Crippen LogP contribution >= 0.6 is 11.3 Å². The van der Waals surface area contributed by atoms with Crippen LogP contribution in [0.2, 0.25) is 0 Å². The van der Waals surface area contributed by atoms with Gasteiger partial charge >= 0.3 is 5.69 Å². The first-order valence-corrected chi connectivity index (χ1v) is 9.30. The minimum absolute atomic E-state index is 0.107. The van der Waals surface area contributed by atoms with Crippen molar-refractivity contribution >= 4 is 38.7 Å². The molecule has 28 heavy (non-hydrogen) atoms. The molecule has 0 bridgehead atoms. The molecule has 8 heteroatoms. The highest BCUT2D eigenvalue weighted by molar-refractivity contribution is 7.21. The fraction of sp³-hybridized carbons (Fsp3) is 0.100. The average molecular weight is 392 g/mol. The zero-order valence-electron chi connectivity index (χ0n) is 15.2. The summed E-state index contributed by atoms with van der Waals surface area (Å²) < 4.78 is 5.06. The van der Waals surface area contributed by atoms with Crippen LogP contribution in [0, 0.1) is 17.0 Å². The van der Waals surface area contributed by atoms with Crippen molar-refractivity contribution in [3.63, 3.8) is 0 Å². The van der Waals surface area contributed by atoms with Gasteiger partial charge in [0, 0.05) is 16.6 Å². The molecule has 2 aromatic heterocycles. The third-order valence-electron chi connectivity index (χ3n) is 4.20. The molecule has 0 saturated carbocycles. The van der Waals surface area contributed by atoms with Gasteiger partial charge in [0.25, 0.3) is 0 Å². The lowest BCUT2D eigenvalue weighted by Crippen LogP contribution is -1.99. The number of hydrogen-bond donors (Lipinski definition) is 1. The zero-order valence-corrected chi connectivity index (χ0v) is 16.0. The lowest BCUT2D eigenvalue weighted by atomic mass is 10.2. The first kappa shape index (κ1) is 17.9. The Kier molecular flexibility index (Phi) is 4.62. The van der Waals surface area contributed by atoms with Crippen LogP contribution in [0.1, 0.15) is 5.82 Å². The van der Waals surface area contributed by atoms with E-state index < -0.39 is 4.92 Å². The Morgan fingerprint density at radius 3 is 2.61 bits per heavy atom. The number of nitrogens with zero attached hydrogens (tertiary/aromatic N) is 3. The van der Waals surface area contributed by atoms with Crippen LogP contribution in [0.3, 0.4) is 0 Å². The van der Waals surface area contributed by atoms with Crippen LogP contribution in [-0.4, -0.2) is 22.0 Å². The van der Waals surface area contributed by atoms with Gasteiger partial charge in [0.1, 0.15) is 16.5 Å². The molecular formula is C20H16N4O3S. The summed E-state index contributed by atoms with van der Waals surface area (Å²) in [7, 11) is 1.41. The molecule has 7 nitrogen and oxygen atoms in total. The number of fused-ring (bicyclic) bond motifs is 1. The molecule has 140 valence electrons. The number of aryl methyl sites for hydroxylation is 1. The molecule has 0 saturated heterocycles. The van der Waals surface area contributed by atoms with E-state index in [1.54, 1.807) is 23.5 Å². The van der Waals surface area contributed by atoms with Crippen LogP contribution in [-0.2, 0) is 0 Å². The van der Waals surface area contributed by atoms with E-state index in [2.05, 4.69) is 15.3 Å². The summed E-state index contributed by atoms with van der Waals surface area (Å²) in [5.74, 6) is 1.45. The molecule has 0 radical (unpaired) electrons. The first-order chi connectivity index (χ1) is 13.5. The van der Waals surface area contributed by atoms with E-state index in [1.807, 2.05) is 43.3 Å². The number of nitrogens with one attached hydrogen (secondary N) is 1. The number of thiophene rings is 1.